The molecular formula is C20H19FN4O3S. The van der Waals surface area contributed by atoms with Crippen molar-refractivity contribution in [2.75, 3.05) is 0 Å². The second-order valence-electron chi connectivity index (χ2n) is 7.03. The van der Waals surface area contributed by atoms with Gasteiger partial charge in [0.1, 0.15) is 10.7 Å². The van der Waals surface area contributed by atoms with Crippen molar-refractivity contribution in [1.29, 1.82) is 0 Å². The van der Waals surface area contributed by atoms with Gasteiger partial charge in [0.05, 0.1) is 17.3 Å². The number of sulfonamides is 1. The number of hydrogen-bond donors (Lipinski definition) is 2. The van der Waals surface area contributed by atoms with E-state index in [1.165, 1.54) is 35.0 Å². The van der Waals surface area contributed by atoms with Gasteiger partial charge in [-0.15, -0.1) is 0 Å². The van der Waals surface area contributed by atoms with E-state index in [1.807, 2.05) is 0 Å². The van der Waals surface area contributed by atoms with Crippen LogP contribution in [0.5, 0.6) is 0 Å². The van der Waals surface area contributed by atoms with Crippen molar-refractivity contribution in [3.63, 3.8) is 0 Å². The van der Waals surface area contributed by atoms with E-state index in [2.05, 4.69) is 5.10 Å². The molecule has 1 heterocycles. The molecule has 1 unspecified atom stereocenters. The van der Waals surface area contributed by atoms with E-state index in [-0.39, 0.29) is 21.7 Å². The number of amides is 1. The number of halogens is 1. The number of carbonyl (C=O) groups excluding carboxylic acids is 1. The molecule has 1 aromatic heterocycles. The molecule has 3 aromatic rings. The minimum Gasteiger partial charge on any atom is -0.369 e. The molecule has 0 radical (unpaired) electrons. The van der Waals surface area contributed by atoms with E-state index in [1.54, 1.807) is 18.3 Å². The van der Waals surface area contributed by atoms with Gasteiger partial charge in [-0.05, 0) is 48.6 Å². The Morgan fingerprint density at radius 1 is 1.17 bits per heavy atom. The van der Waals surface area contributed by atoms with Crippen molar-refractivity contribution < 1.29 is 17.6 Å². The summed E-state index contributed by atoms with van der Waals surface area (Å²) in [6, 6.07) is 10.0. The van der Waals surface area contributed by atoms with Crippen molar-refractivity contribution >= 4 is 15.9 Å². The Morgan fingerprint density at radius 2 is 1.93 bits per heavy atom. The van der Waals surface area contributed by atoms with Crippen LogP contribution in [0.2, 0.25) is 0 Å². The summed E-state index contributed by atoms with van der Waals surface area (Å²) >= 11 is 0. The lowest BCUT2D eigenvalue weighted by molar-refractivity contribution is -0.118. The summed E-state index contributed by atoms with van der Waals surface area (Å²) in [5.74, 6) is -2.57. The molecule has 2 aromatic carbocycles. The molecule has 9 heteroatoms. The quantitative estimate of drug-likeness (QED) is 0.661. The van der Waals surface area contributed by atoms with Crippen molar-refractivity contribution in [2.45, 2.75) is 30.1 Å². The highest BCUT2D eigenvalue weighted by molar-refractivity contribution is 7.89. The van der Waals surface area contributed by atoms with Gasteiger partial charge in [0.25, 0.3) is 0 Å². The second kappa shape index (κ2) is 7.09. The normalized spacial score (nSPS) is 14.6. The van der Waals surface area contributed by atoms with Crippen LogP contribution in [0.3, 0.4) is 0 Å². The Kier molecular flexibility index (Phi) is 4.71. The summed E-state index contributed by atoms with van der Waals surface area (Å²) < 4.78 is 40.4. The Hall–Kier alpha value is -3.04. The number of primary amides is 1. The first-order valence-corrected chi connectivity index (χ1v) is 10.6. The number of carbonyl (C=O) groups is 1. The van der Waals surface area contributed by atoms with Crippen molar-refractivity contribution in [2.24, 2.45) is 10.9 Å². The van der Waals surface area contributed by atoms with Gasteiger partial charge in [-0.1, -0.05) is 24.3 Å². The molecule has 0 saturated carbocycles. The zero-order valence-corrected chi connectivity index (χ0v) is 16.2. The summed E-state index contributed by atoms with van der Waals surface area (Å²) in [5.41, 5.74) is 8.07. The van der Waals surface area contributed by atoms with Crippen LogP contribution in [0.25, 0.3) is 5.69 Å². The Morgan fingerprint density at radius 3 is 2.59 bits per heavy atom. The smallest absolute Gasteiger partial charge is 0.240 e. The fraction of sp³-hybridized carbons (Fsp3) is 0.200. The fourth-order valence-corrected chi connectivity index (χ4v) is 4.52. The van der Waals surface area contributed by atoms with Gasteiger partial charge in [0.15, 0.2) is 0 Å². The van der Waals surface area contributed by atoms with Crippen molar-refractivity contribution in [3.8, 4) is 5.69 Å². The highest BCUT2D eigenvalue weighted by Gasteiger charge is 2.27. The van der Waals surface area contributed by atoms with Crippen LogP contribution in [0.4, 0.5) is 4.39 Å². The molecule has 1 amide bonds. The number of benzene rings is 2. The number of aromatic nitrogens is 2. The number of nitrogens with zero attached hydrogens (tertiary/aromatic N) is 2. The predicted octanol–water partition coefficient (Wildman–Crippen LogP) is 1.76. The van der Waals surface area contributed by atoms with E-state index in [4.69, 9.17) is 10.9 Å². The standard InChI is InChI=1S/C20H19FN4O3S/c21-15-6-2-1-5-14(15)19(20(22)26)12-8-9-17(18(10-12)29(23,27)28)25-11-13-4-3-7-16(13)24-25/h1-2,5-6,8-11,19H,3-4,7H2,(H2,22,26)(H2,23,27,28). The van der Waals surface area contributed by atoms with Crippen LogP contribution >= 0.6 is 0 Å². The number of nitrogens with two attached hydrogens (primary N) is 2. The summed E-state index contributed by atoms with van der Waals surface area (Å²) in [7, 11) is -4.15. The lowest BCUT2D eigenvalue weighted by Gasteiger charge is -2.17. The molecule has 4 N–H and O–H groups in total. The number of rotatable bonds is 5. The molecule has 0 fully saturated rings. The third-order valence-corrected chi connectivity index (χ3v) is 6.05. The SMILES string of the molecule is NC(=O)C(c1ccc(-n2cc3c(n2)CCC3)c(S(N)(=O)=O)c1)c1ccccc1F. The first-order chi connectivity index (χ1) is 13.8. The van der Waals surface area contributed by atoms with Gasteiger partial charge in [0.2, 0.25) is 15.9 Å². The van der Waals surface area contributed by atoms with Crippen LogP contribution in [0, 0.1) is 5.82 Å². The molecule has 1 aliphatic rings. The number of aryl methyl sites for hydroxylation is 2. The molecule has 150 valence electrons. The maximum Gasteiger partial charge on any atom is 0.240 e. The zero-order valence-electron chi connectivity index (χ0n) is 15.4. The van der Waals surface area contributed by atoms with Crippen LogP contribution in [0.15, 0.2) is 53.6 Å². The number of fused-ring (bicyclic) bond motifs is 1. The minimum atomic E-state index is -4.15. The fourth-order valence-electron chi connectivity index (χ4n) is 3.77. The average molecular weight is 414 g/mol. The topological polar surface area (TPSA) is 121 Å². The molecule has 1 aliphatic carbocycles. The monoisotopic (exact) mass is 414 g/mol. The van der Waals surface area contributed by atoms with Crippen LogP contribution in [-0.4, -0.2) is 24.1 Å². The molecule has 7 nitrogen and oxygen atoms in total. The van der Waals surface area contributed by atoms with E-state index in [0.29, 0.717) is 0 Å². The first-order valence-electron chi connectivity index (χ1n) is 9.04. The van der Waals surface area contributed by atoms with Gasteiger partial charge < -0.3 is 5.73 Å². The molecule has 4 rings (SSSR count). The van der Waals surface area contributed by atoms with Gasteiger partial charge in [0, 0.05) is 11.8 Å². The molecular weight excluding hydrogens is 395 g/mol. The largest absolute Gasteiger partial charge is 0.369 e. The van der Waals surface area contributed by atoms with Gasteiger partial charge in [-0.25, -0.2) is 22.6 Å². The van der Waals surface area contributed by atoms with Crippen molar-refractivity contribution in [3.05, 3.63) is 76.9 Å². The summed E-state index contributed by atoms with van der Waals surface area (Å²) in [5, 5.41) is 9.90. The van der Waals surface area contributed by atoms with Gasteiger partial charge in [-0.2, -0.15) is 5.10 Å². The lowest BCUT2D eigenvalue weighted by atomic mass is 9.90. The molecule has 0 spiro atoms. The molecule has 0 aliphatic heterocycles. The number of hydrogen-bond acceptors (Lipinski definition) is 4. The predicted molar refractivity (Wildman–Crippen MR) is 104 cm³/mol. The lowest BCUT2D eigenvalue weighted by Crippen LogP contribution is -2.24. The third kappa shape index (κ3) is 3.54. The van der Waals surface area contributed by atoms with E-state index >= 15 is 0 Å². The first kappa shape index (κ1) is 19.3. The highest BCUT2D eigenvalue weighted by Crippen LogP contribution is 2.31. The highest BCUT2D eigenvalue weighted by atomic mass is 32.2. The van der Waals surface area contributed by atoms with Gasteiger partial charge >= 0.3 is 0 Å². The molecule has 29 heavy (non-hydrogen) atoms. The summed E-state index contributed by atoms with van der Waals surface area (Å²) in [6.45, 7) is 0. The summed E-state index contributed by atoms with van der Waals surface area (Å²) in [4.78, 5) is 11.9. The van der Waals surface area contributed by atoms with Gasteiger partial charge in [-0.3, -0.25) is 4.79 Å². The van der Waals surface area contributed by atoms with E-state index < -0.39 is 27.7 Å². The third-order valence-electron chi connectivity index (χ3n) is 5.11. The van der Waals surface area contributed by atoms with Crippen LogP contribution in [0.1, 0.15) is 34.7 Å². The van der Waals surface area contributed by atoms with E-state index in [0.717, 1.165) is 30.5 Å². The van der Waals surface area contributed by atoms with Crippen LogP contribution < -0.4 is 10.9 Å². The Balaban J connectivity index is 1.87. The number of primary sulfonamides is 1. The minimum absolute atomic E-state index is 0.0613. The van der Waals surface area contributed by atoms with E-state index in [9.17, 15) is 17.6 Å². The Labute approximate surface area is 167 Å². The molecule has 0 saturated heterocycles. The maximum atomic E-state index is 14.3. The second-order valence-corrected chi connectivity index (χ2v) is 8.56. The molecule has 1 atom stereocenters. The summed E-state index contributed by atoms with van der Waals surface area (Å²) in [6.07, 6.45) is 4.52. The molecule has 0 bridgehead atoms. The average Bonchev–Trinajstić information content (AvgIpc) is 3.24. The zero-order chi connectivity index (χ0) is 20.8. The van der Waals surface area contributed by atoms with Crippen LogP contribution in [-0.2, 0) is 27.7 Å². The Bertz CT molecular complexity index is 1200. The van der Waals surface area contributed by atoms with Crippen molar-refractivity contribution in [1.82, 2.24) is 9.78 Å². The maximum absolute atomic E-state index is 14.3.